The van der Waals surface area contributed by atoms with Gasteiger partial charge in [-0.05, 0) is 53.6 Å². The number of anilines is 1. The molecule has 1 heterocycles. The van der Waals surface area contributed by atoms with Crippen LogP contribution in [0.5, 0.6) is 0 Å². The van der Waals surface area contributed by atoms with Gasteiger partial charge in [-0.2, -0.15) is 5.10 Å². The summed E-state index contributed by atoms with van der Waals surface area (Å²) < 4.78 is 1.86. The topological polar surface area (TPSA) is 21.1 Å². The lowest BCUT2D eigenvalue weighted by Crippen LogP contribution is -2.22. The highest BCUT2D eigenvalue weighted by molar-refractivity contribution is 6.42. The summed E-state index contributed by atoms with van der Waals surface area (Å²) in [5, 5.41) is 7.60. The fraction of sp³-hybridized carbons (Fsp3) is 0.136. The van der Waals surface area contributed by atoms with Crippen LogP contribution in [-0.2, 0) is 20.1 Å². The molecule has 29 heavy (non-hydrogen) atoms. The van der Waals surface area contributed by atoms with Gasteiger partial charge in [-0.1, -0.05) is 58.5 Å². The average Bonchev–Trinajstić information content (AvgIpc) is 3.07. The first kappa shape index (κ1) is 20.4. The Hall–Kier alpha value is -1.91. The number of rotatable bonds is 5. The van der Waals surface area contributed by atoms with Crippen molar-refractivity contribution in [3.63, 3.8) is 0 Å². The molecule has 7 heteroatoms. The number of hydrogen-bond donors (Lipinski definition) is 0. The molecular weight excluding hydrogens is 448 g/mol. The molecule has 4 aromatic rings. The molecule has 3 aromatic carbocycles. The zero-order valence-electron chi connectivity index (χ0n) is 15.5. The molecule has 0 bridgehead atoms. The van der Waals surface area contributed by atoms with E-state index in [1.54, 1.807) is 0 Å². The fourth-order valence-corrected chi connectivity index (χ4v) is 3.94. The molecule has 0 saturated heterocycles. The van der Waals surface area contributed by atoms with E-state index in [0.29, 0.717) is 33.2 Å². The van der Waals surface area contributed by atoms with Crippen LogP contribution in [0.2, 0.25) is 20.1 Å². The van der Waals surface area contributed by atoms with Gasteiger partial charge < -0.3 is 4.90 Å². The second-order valence-electron chi connectivity index (χ2n) is 6.86. The average molecular weight is 465 g/mol. The van der Waals surface area contributed by atoms with E-state index in [-0.39, 0.29) is 0 Å². The van der Waals surface area contributed by atoms with Gasteiger partial charge in [-0.15, -0.1) is 0 Å². The number of halogens is 4. The van der Waals surface area contributed by atoms with Crippen LogP contribution in [0.25, 0.3) is 10.9 Å². The summed E-state index contributed by atoms with van der Waals surface area (Å²) >= 11 is 24.6. The third-order valence-electron chi connectivity index (χ3n) is 4.81. The van der Waals surface area contributed by atoms with Gasteiger partial charge in [0.05, 0.1) is 31.8 Å². The minimum atomic E-state index is 0.543. The molecule has 0 spiro atoms. The molecule has 0 unspecified atom stereocenters. The molecule has 0 aliphatic carbocycles. The van der Waals surface area contributed by atoms with Gasteiger partial charge in [0.25, 0.3) is 0 Å². The molecule has 0 atom stereocenters. The number of aryl methyl sites for hydroxylation is 1. The third-order valence-corrected chi connectivity index (χ3v) is 6.29. The molecule has 3 nitrogen and oxygen atoms in total. The lowest BCUT2D eigenvalue weighted by Gasteiger charge is -2.26. The van der Waals surface area contributed by atoms with Crippen LogP contribution in [0.4, 0.5) is 5.69 Å². The third kappa shape index (κ3) is 4.49. The van der Waals surface area contributed by atoms with Crippen molar-refractivity contribution in [2.24, 2.45) is 7.05 Å². The summed E-state index contributed by atoms with van der Waals surface area (Å²) in [4.78, 5) is 2.26. The Balaban J connectivity index is 1.71. The quantitative estimate of drug-likeness (QED) is 0.307. The van der Waals surface area contributed by atoms with Crippen molar-refractivity contribution in [2.75, 3.05) is 4.90 Å². The van der Waals surface area contributed by atoms with E-state index in [2.05, 4.69) is 28.2 Å². The first-order chi connectivity index (χ1) is 13.9. The first-order valence-electron chi connectivity index (χ1n) is 8.95. The van der Waals surface area contributed by atoms with Crippen molar-refractivity contribution in [3.05, 3.63) is 92.0 Å². The molecular formula is C22H17Cl4N3. The summed E-state index contributed by atoms with van der Waals surface area (Å²) in [6.07, 6.45) is 1.87. The molecule has 148 valence electrons. The van der Waals surface area contributed by atoms with Crippen LogP contribution < -0.4 is 4.90 Å². The van der Waals surface area contributed by atoms with E-state index in [0.717, 1.165) is 27.7 Å². The van der Waals surface area contributed by atoms with E-state index >= 15 is 0 Å². The van der Waals surface area contributed by atoms with Crippen molar-refractivity contribution in [1.82, 2.24) is 9.78 Å². The molecule has 0 saturated carbocycles. The Morgan fingerprint density at radius 2 is 1.34 bits per heavy atom. The van der Waals surface area contributed by atoms with E-state index in [4.69, 9.17) is 46.4 Å². The normalized spacial score (nSPS) is 11.2. The van der Waals surface area contributed by atoms with Crippen molar-refractivity contribution in [1.29, 1.82) is 0 Å². The van der Waals surface area contributed by atoms with Crippen LogP contribution in [-0.4, -0.2) is 9.78 Å². The summed E-state index contributed by atoms with van der Waals surface area (Å²) in [5.41, 5.74) is 4.27. The molecule has 0 aliphatic rings. The Kier molecular flexibility index (Phi) is 5.93. The van der Waals surface area contributed by atoms with Crippen molar-refractivity contribution < 1.29 is 0 Å². The standard InChI is InChI=1S/C22H17Cl4N3/c1-28-22-7-4-17(10-16(22)11-27-28)29(12-14-2-5-18(23)20(25)8-14)13-15-3-6-19(24)21(26)9-15/h2-11H,12-13H2,1H3. The van der Waals surface area contributed by atoms with Gasteiger partial charge >= 0.3 is 0 Å². The molecule has 0 fully saturated rings. The van der Waals surface area contributed by atoms with Crippen LogP contribution in [0.15, 0.2) is 60.8 Å². The molecule has 0 amide bonds. The Bertz CT molecular complexity index is 1130. The zero-order chi connectivity index (χ0) is 20.5. The molecule has 1 aromatic heterocycles. The minimum Gasteiger partial charge on any atom is -0.363 e. The van der Waals surface area contributed by atoms with Gasteiger partial charge in [0.15, 0.2) is 0 Å². The summed E-state index contributed by atoms with van der Waals surface area (Å²) in [6, 6.07) is 17.7. The second-order valence-corrected chi connectivity index (χ2v) is 8.49. The number of hydrogen-bond acceptors (Lipinski definition) is 2. The minimum absolute atomic E-state index is 0.543. The van der Waals surface area contributed by atoms with E-state index in [1.807, 2.05) is 54.3 Å². The predicted octanol–water partition coefficient (Wildman–Crippen LogP) is 7.39. The van der Waals surface area contributed by atoms with E-state index < -0.39 is 0 Å². The fourth-order valence-electron chi connectivity index (χ4n) is 3.30. The maximum Gasteiger partial charge on any atom is 0.0680 e. The molecule has 0 radical (unpaired) electrons. The van der Waals surface area contributed by atoms with Crippen molar-refractivity contribution in [2.45, 2.75) is 13.1 Å². The van der Waals surface area contributed by atoms with Crippen LogP contribution in [0.1, 0.15) is 11.1 Å². The SMILES string of the molecule is Cn1ncc2cc(N(Cc3ccc(Cl)c(Cl)c3)Cc3ccc(Cl)c(Cl)c3)ccc21. The first-order valence-corrected chi connectivity index (χ1v) is 10.5. The van der Waals surface area contributed by atoms with Crippen LogP contribution in [0, 0.1) is 0 Å². The van der Waals surface area contributed by atoms with Gasteiger partial charge in [-0.3, -0.25) is 4.68 Å². The number of nitrogens with zero attached hydrogens (tertiary/aromatic N) is 3. The van der Waals surface area contributed by atoms with E-state index in [9.17, 15) is 0 Å². The van der Waals surface area contributed by atoms with Crippen molar-refractivity contribution >= 4 is 63.0 Å². The summed E-state index contributed by atoms with van der Waals surface area (Å²) in [7, 11) is 1.94. The summed E-state index contributed by atoms with van der Waals surface area (Å²) in [5.74, 6) is 0. The van der Waals surface area contributed by atoms with Gasteiger partial charge in [-0.25, -0.2) is 0 Å². The highest BCUT2D eigenvalue weighted by Crippen LogP contribution is 2.29. The Labute approximate surface area is 189 Å². The highest BCUT2D eigenvalue weighted by atomic mass is 35.5. The van der Waals surface area contributed by atoms with Crippen LogP contribution in [0.3, 0.4) is 0 Å². The molecule has 4 rings (SSSR count). The smallest absolute Gasteiger partial charge is 0.0680 e. The Morgan fingerprint density at radius 1 is 0.759 bits per heavy atom. The van der Waals surface area contributed by atoms with Gasteiger partial charge in [0.2, 0.25) is 0 Å². The number of aromatic nitrogens is 2. The van der Waals surface area contributed by atoms with Crippen molar-refractivity contribution in [3.8, 4) is 0 Å². The molecule has 0 aliphatic heterocycles. The predicted molar refractivity (Wildman–Crippen MR) is 124 cm³/mol. The monoisotopic (exact) mass is 463 g/mol. The Morgan fingerprint density at radius 3 is 1.90 bits per heavy atom. The van der Waals surface area contributed by atoms with Crippen LogP contribution >= 0.6 is 46.4 Å². The number of fused-ring (bicyclic) bond motifs is 1. The second kappa shape index (κ2) is 8.45. The lowest BCUT2D eigenvalue weighted by atomic mass is 10.1. The number of benzene rings is 3. The van der Waals surface area contributed by atoms with Gasteiger partial charge in [0.1, 0.15) is 0 Å². The molecule has 0 N–H and O–H groups in total. The highest BCUT2D eigenvalue weighted by Gasteiger charge is 2.13. The largest absolute Gasteiger partial charge is 0.363 e. The van der Waals surface area contributed by atoms with Gasteiger partial charge in [0, 0.05) is 31.2 Å². The summed E-state index contributed by atoms with van der Waals surface area (Å²) in [6.45, 7) is 1.31. The zero-order valence-corrected chi connectivity index (χ0v) is 18.6. The maximum absolute atomic E-state index is 6.23. The maximum atomic E-state index is 6.23. The van der Waals surface area contributed by atoms with E-state index in [1.165, 1.54) is 0 Å². The lowest BCUT2D eigenvalue weighted by molar-refractivity contribution is 0.794.